The number of carbonyl (C=O) groups excluding carboxylic acids is 3. The van der Waals surface area contributed by atoms with Crippen molar-refractivity contribution in [3.63, 3.8) is 0 Å². The average molecular weight is 651 g/mol. The van der Waals surface area contributed by atoms with Crippen LogP contribution in [0.5, 0.6) is 0 Å². The van der Waals surface area contributed by atoms with Crippen molar-refractivity contribution >= 4 is 40.3 Å². The topological polar surface area (TPSA) is 129 Å². The number of nitrogens with zero attached hydrogens (tertiary/aromatic N) is 4. The Morgan fingerprint density at radius 3 is 2.48 bits per heavy atom. The van der Waals surface area contributed by atoms with Gasteiger partial charge in [-0.25, -0.2) is 9.78 Å². The van der Waals surface area contributed by atoms with Crippen LogP contribution < -0.4 is 5.32 Å². The van der Waals surface area contributed by atoms with Crippen molar-refractivity contribution in [1.82, 2.24) is 25.1 Å². The van der Waals surface area contributed by atoms with Crippen LogP contribution in [0.4, 0.5) is 10.5 Å². The Morgan fingerprint density at radius 1 is 0.979 bits per heavy atom. The summed E-state index contributed by atoms with van der Waals surface area (Å²) in [6, 6.07) is 11.2. The number of fused-ring (bicyclic) bond motifs is 2. The number of ether oxygens (including phenoxy) is 2. The van der Waals surface area contributed by atoms with Crippen molar-refractivity contribution in [2.75, 3.05) is 26.8 Å². The molecule has 3 fully saturated rings. The molecule has 3 saturated heterocycles. The second kappa shape index (κ2) is 13.4. The number of aromatic amines is 1. The molecule has 0 spiro atoms. The number of likely N-dealkylation sites (tertiary alicyclic amines) is 2. The molecule has 11 nitrogen and oxygen atoms in total. The first-order chi connectivity index (χ1) is 23.3. The third-order valence-electron chi connectivity index (χ3n) is 9.94. The van der Waals surface area contributed by atoms with Gasteiger partial charge in [0.05, 0.1) is 35.9 Å². The molecule has 0 radical (unpaired) electrons. The maximum Gasteiger partial charge on any atom is 0.407 e. The van der Waals surface area contributed by atoms with Gasteiger partial charge >= 0.3 is 6.09 Å². The summed E-state index contributed by atoms with van der Waals surface area (Å²) in [5.74, 6) is 7.20. The van der Waals surface area contributed by atoms with E-state index in [9.17, 15) is 14.4 Å². The Bertz CT molecular complexity index is 1830. The lowest BCUT2D eigenvalue weighted by Crippen LogP contribution is -2.51. The fraction of sp³-hybridized carbons (Fsp3) is 0.486. The Kier molecular flexibility index (Phi) is 8.92. The summed E-state index contributed by atoms with van der Waals surface area (Å²) in [5, 5.41) is 2.70. The van der Waals surface area contributed by atoms with E-state index in [1.54, 1.807) is 0 Å². The summed E-state index contributed by atoms with van der Waals surface area (Å²) < 4.78 is 10.4. The van der Waals surface area contributed by atoms with Gasteiger partial charge in [0.15, 0.2) is 0 Å². The van der Waals surface area contributed by atoms with Crippen LogP contribution in [-0.4, -0.2) is 88.4 Å². The maximum atomic E-state index is 13.5. The van der Waals surface area contributed by atoms with Gasteiger partial charge in [-0.1, -0.05) is 31.8 Å². The number of methoxy groups -OCH3 is 1. The van der Waals surface area contributed by atoms with Crippen LogP contribution in [0.1, 0.15) is 80.9 Å². The minimum absolute atomic E-state index is 0.0391. The molecule has 4 atom stereocenters. The number of rotatable bonds is 6. The van der Waals surface area contributed by atoms with Crippen LogP contribution >= 0.6 is 0 Å². The average Bonchev–Trinajstić information content (AvgIpc) is 3.93. The molecule has 48 heavy (non-hydrogen) atoms. The SMILES string of the molecule is COC(=O)N[C@H](C(=O)N1CCC[C@H]1c1nc2ccc(C#Cc3ccc4c(c3)N=C([C@@H]3CCCN3C(=O)[C@H]3CCCO3)C4)cc2[nH]1)C(C)C. The molecular weight excluding hydrogens is 608 g/mol. The lowest BCUT2D eigenvalue weighted by atomic mass is 10.0. The van der Waals surface area contributed by atoms with Crippen molar-refractivity contribution in [1.29, 1.82) is 0 Å². The summed E-state index contributed by atoms with van der Waals surface area (Å²) in [6.07, 6.45) is 5.16. The van der Waals surface area contributed by atoms with E-state index < -0.39 is 12.1 Å². The monoisotopic (exact) mass is 650 g/mol. The van der Waals surface area contributed by atoms with Crippen LogP contribution in [0, 0.1) is 17.8 Å². The zero-order valence-electron chi connectivity index (χ0n) is 27.8. The molecule has 7 rings (SSSR count). The Morgan fingerprint density at radius 2 is 1.73 bits per heavy atom. The molecule has 4 aliphatic rings. The first kappa shape index (κ1) is 31.9. The number of aromatic nitrogens is 2. The third kappa shape index (κ3) is 6.29. The first-order valence-electron chi connectivity index (χ1n) is 17.1. The van der Waals surface area contributed by atoms with Gasteiger partial charge in [-0.05, 0) is 80.3 Å². The van der Waals surface area contributed by atoms with E-state index in [1.165, 1.54) is 12.7 Å². The number of amides is 3. The lowest BCUT2D eigenvalue weighted by molar-refractivity contribution is -0.140. The van der Waals surface area contributed by atoms with Gasteiger partial charge in [-0.15, -0.1) is 0 Å². The Hall–Kier alpha value is -4.69. The summed E-state index contributed by atoms with van der Waals surface area (Å²) in [4.78, 5) is 55.6. The Balaban J connectivity index is 1.05. The van der Waals surface area contributed by atoms with E-state index in [0.717, 1.165) is 90.9 Å². The molecule has 1 aromatic heterocycles. The van der Waals surface area contributed by atoms with Crippen LogP contribution in [0.2, 0.25) is 0 Å². The van der Waals surface area contributed by atoms with Crippen LogP contribution in [0.25, 0.3) is 11.0 Å². The summed E-state index contributed by atoms with van der Waals surface area (Å²) in [6.45, 7) is 5.84. The van der Waals surface area contributed by atoms with E-state index in [0.29, 0.717) is 13.2 Å². The highest BCUT2D eigenvalue weighted by atomic mass is 16.5. The highest BCUT2D eigenvalue weighted by Crippen LogP contribution is 2.34. The number of H-pyrrole nitrogens is 1. The molecule has 3 aromatic rings. The quantitative estimate of drug-likeness (QED) is 0.369. The number of hydrogen-bond donors (Lipinski definition) is 2. The number of alkyl carbamates (subject to hydrolysis) is 1. The number of imidazole rings is 1. The van der Waals surface area contributed by atoms with E-state index in [2.05, 4.69) is 28.2 Å². The fourth-order valence-electron chi connectivity index (χ4n) is 7.41. The largest absolute Gasteiger partial charge is 0.453 e. The molecule has 5 heterocycles. The minimum Gasteiger partial charge on any atom is -0.453 e. The van der Waals surface area contributed by atoms with Gasteiger partial charge < -0.3 is 29.6 Å². The third-order valence-corrected chi connectivity index (χ3v) is 9.94. The predicted octanol–water partition coefficient (Wildman–Crippen LogP) is 4.81. The number of nitrogens with one attached hydrogen (secondary N) is 2. The molecule has 2 N–H and O–H groups in total. The second-order valence-corrected chi connectivity index (χ2v) is 13.5. The zero-order valence-corrected chi connectivity index (χ0v) is 27.8. The molecule has 11 heteroatoms. The fourth-order valence-corrected chi connectivity index (χ4v) is 7.41. The molecule has 0 aliphatic carbocycles. The van der Waals surface area contributed by atoms with Gasteiger partial charge in [0.25, 0.3) is 5.91 Å². The lowest BCUT2D eigenvalue weighted by Gasteiger charge is -2.29. The molecule has 250 valence electrons. The van der Waals surface area contributed by atoms with E-state index in [1.807, 2.05) is 54.0 Å². The molecule has 0 saturated carbocycles. The van der Waals surface area contributed by atoms with Gasteiger partial charge in [-0.3, -0.25) is 14.6 Å². The molecular formula is C37H42N6O5. The minimum atomic E-state index is -0.681. The van der Waals surface area contributed by atoms with Gasteiger partial charge in [0.1, 0.15) is 18.0 Å². The van der Waals surface area contributed by atoms with Gasteiger partial charge in [0.2, 0.25) is 5.91 Å². The first-order valence-corrected chi connectivity index (χ1v) is 17.1. The van der Waals surface area contributed by atoms with Crippen molar-refractivity contribution in [3.05, 3.63) is 58.9 Å². The highest BCUT2D eigenvalue weighted by Gasteiger charge is 2.39. The van der Waals surface area contributed by atoms with Crippen molar-refractivity contribution in [2.24, 2.45) is 10.9 Å². The van der Waals surface area contributed by atoms with Crippen molar-refractivity contribution < 1.29 is 23.9 Å². The van der Waals surface area contributed by atoms with E-state index in [4.69, 9.17) is 19.5 Å². The van der Waals surface area contributed by atoms with Gasteiger partial charge in [-0.2, -0.15) is 0 Å². The maximum absolute atomic E-state index is 13.5. The standard InChI is InChI=1S/C37H42N6O5/c1-22(2)33(41-37(46)47-3)36(45)43-17-5-8-31(43)34-39-26-15-13-24(20-28(26)40-34)11-10-23-12-14-25-21-29(38-27(25)19-23)30-7-4-16-42(30)35(44)32-9-6-18-48-32/h12-15,19-20,22,30-33H,4-9,16-18,21H2,1-3H3,(H,39,40)(H,41,46)/t30-,31-,32+,33-/m0/s1. The number of aliphatic imine (C=N–C) groups is 1. The molecule has 0 unspecified atom stereocenters. The van der Waals surface area contributed by atoms with E-state index >= 15 is 0 Å². The van der Waals surface area contributed by atoms with Crippen LogP contribution in [-0.2, 0) is 25.5 Å². The van der Waals surface area contributed by atoms with Crippen molar-refractivity contribution in [3.8, 4) is 11.8 Å². The van der Waals surface area contributed by atoms with Crippen LogP contribution in [0.3, 0.4) is 0 Å². The molecule has 0 bridgehead atoms. The molecule has 2 aromatic carbocycles. The number of hydrogen-bond acceptors (Lipinski definition) is 7. The number of carbonyl (C=O) groups is 3. The summed E-state index contributed by atoms with van der Waals surface area (Å²) in [5.41, 5.74) is 6.53. The smallest absolute Gasteiger partial charge is 0.407 e. The highest BCUT2D eigenvalue weighted by molar-refractivity contribution is 6.00. The normalized spacial score (nSPS) is 22.4. The summed E-state index contributed by atoms with van der Waals surface area (Å²) >= 11 is 0. The second-order valence-electron chi connectivity index (χ2n) is 13.5. The van der Waals surface area contributed by atoms with E-state index in [-0.39, 0.29) is 35.9 Å². The van der Waals surface area contributed by atoms with Crippen molar-refractivity contribution in [2.45, 2.75) is 83.0 Å². The summed E-state index contributed by atoms with van der Waals surface area (Å²) in [7, 11) is 1.29. The number of benzene rings is 2. The van der Waals surface area contributed by atoms with Crippen LogP contribution in [0.15, 0.2) is 41.4 Å². The predicted molar refractivity (Wildman–Crippen MR) is 181 cm³/mol. The van der Waals surface area contributed by atoms with Gasteiger partial charge in [0, 0.05) is 43.0 Å². The molecule has 4 aliphatic heterocycles. The zero-order chi connectivity index (χ0) is 33.4. The molecule has 3 amide bonds. The Labute approximate surface area is 280 Å².